The summed E-state index contributed by atoms with van der Waals surface area (Å²) in [5.41, 5.74) is 1.14. The van der Waals surface area contributed by atoms with E-state index in [1.54, 1.807) is 55.5 Å². The Labute approximate surface area is 207 Å². The molecule has 1 aliphatic carbocycles. The van der Waals surface area contributed by atoms with E-state index in [0.717, 1.165) is 41.8 Å². The molecule has 184 valence electrons. The van der Waals surface area contributed by atoms with Crippen molar-refractivity contribution in [2.75, 3.05) is 17.1 Å². The van der Waals surface area contributed by atoms with Crippen LogP contribution in [0.25, 0.3) is 0 Å². The zero-order valence-electron chi connectivity index (χ0n) is 19.6. The summed E-state index contributed by atoms with van der Waals surface area (Å²) in [5, 5.41) is 3.60. The van der Waals surface area contributed by atoms with Crippen LogP contribution in [0.4, 0.5) is 5.69 Å². The molecule has 1 atom stereocenters. The lowest BCUT2D eigenvalue weighted by Gasteiger charge is -2.33. The number of carbonyl (C=O) groups is 2. The highest BCUT2D eigenvalue weighted by molar-refractivity contribution is 7.92. The fourth-order valence-corrected chi connectivity index (χ4v) is 5.25. The van der Waals surface area contributed by atoms with Gasteiger partial charge in [0.25, 0.3) is 0 Å². The van der Waals surface area contributed by atoms with Gasteiger partial charge in [0.05, 0.1) is 11.9 Å². The summed E-state index contributed by atoms with van der Waals surface area (Å²) in [6, 6.07) is 14.8. The van der Waals surface area contributed by atoms with Gasteiger partial charge < -0.3 is 10.2 Å². The summed E-state index contributed by atoms with van der Waals surface area (Å²) >= 11 is 6.13. The summed E-state index contributed by atoms with van der Waals surface area (Å²) in [4.78, 5) is 28.0. The lowest BCUT2D eigenvalue weighted by Crippen LogP contribution is -2.52. The number of rotatable bonds is 9. The average molecular weight is 506 g/mol. The quantitative estimate of drug-likeness (QED) is 0.558. The molecule has 0 aliphatic heterocycles. The van der Waals surface area contributed by atoms with E-state index in [1.165, 1.54) is 11.3 Å². The molecule has 0 aromatic heterocycles. The molecule has 0 bridgehead atoms. The second-order valence-corrected chi connectivity index (χ2v) is 11.1. The molecule has 1 N–H and O–H groups in total. The minimum absolute atomic E-state index is 0.101. The zero-order valence-corrected chi connectivity index (χ0v) is 21.2. The fraction of sp³-hybridized carbons (Fsp3) is 0.440. The van der Waals surface area contributed by atoms with Crippen molar-refractivity contribution in [3.63, 3.8) is 0 Å². The Bertz CT molecular complexity index is 1090. The van der Waals surface area contributed by atoms with Crippen molar-refractivity contribution in [3.8, 4) is 0 Å². The number of hydrogen-bond donors (Lipinski definition) is 1. The summed E-state index contributed by atoms with van der Waals surface area (Å²) in [6.07, 6.45) is 6.23. The first-order valence-electron chi connectivity index (χ1n) is 11.5. The van der Waals surface area contributed by atoms with Crippen molar-refractivity contribution < 1.29 is 18.0 Å². The molecule has 0 radical (unpaired) electrons. The second kappa shape index (κ2) is 11.7. The van der Waals surface area contributed by atoms with Crippen molar-refractivity contribution in [3.05, 3.63) is 65.2 Å². The molecule has 0 saturated heterocycles. The molecule has 3 rings (SSSR count). The van der Waals surface area contributed by atoms with Gasteiger partial charge in [-0.15, -0.1) is 0 Å². The summed E-state index contributed by atoms with van der Waals surface area (Å²) in [6.45, 7) is 1.39. The molecule has 1 unspecified atom stereocenters. The number of carbonyl (C=O) groups excluding carboxylic acids is 2. The molecule has 9 heteroatoms. The van der Waals surface area contributed by atoms with Crippen molar-refractivity contribution in [2.45, 2.75) is 57.7 Å². The van der Waals surface area contributed by atoms with Gasteiger partial charge in [0.15, 0.2) is 0 Å². The first-order valence-corrected chi connectivity index (χ1v) is 13.7. The lowest BCUT2D eigenvalue weighted by atomic mass is 9.95. The van der Waals surface area contributed by atoms with Crippen LogP contribution < -0.4 is 9.62 Å². The Morgan fingerprint density at radius 3 is 2.35 bits per heavy atom. The van der Waals surface area contributed by atoms with Crippen LogP contribution in [0.3, 0.4) is 0 Å². The number of nitrogens with zero attached hydrogens (tertiary/aromatic N) is 2. The van der Waals surface area contributed by atoms with E-state index in [0.29, 0.717) is 10.7 Å². The van der Waals surface area contributed by atoms with Crippen molar-refractivity contribution in [2.24, 2.45) is 0 Å². The molecule has 1 saturated carbocycles. The molecule has 34 heavy (non-hydrogen) atoms. The molecule has 1 aliphatic rings. The summed E-state index contributed by atoms with van der Waals surface area (Å²) < 4.78 is 26.1. The van der Waals surface area contributed by atoms with Gasteiger partial charge >= 0.3 is 0 Å². The van der Waals surface area contributed by atoms with E-state index in [2.05, 4.69) is 5.32 Å². The molecule has 2 aromatic rings. The monoisotopic (exact) mass is 505 g/mol. The lowest BCUT2D eigenvalue weighted by molar-refractivity contribution is -0.139. The van der Waals surface area contributed by atoms with Gasteiger partial charge in [0.1, 0.15) is 12.6 Å². The molecular formula is C25H32ClN3O4S. The number of hydrogen-bond acceptors (Lipinski definition) is 4. The first-order chi connectivity index (χ1) is 16.1. The van der Waals surface area contributed by atoms with Gasteiger partial charge in [0.2, 0.25) is 21.8 Å². The Balaban J connectivity index is 1.85. The third-order valence-electron chi connectivity index (χ3n) is 6.08. The van der Waals surface area contributed by atoms with E-state index in [4.69, 9.17) is 11.6 Å². The third-order valence-corrected chi connectivity index (χ3v) is 7.46. The van der Waals surface area contributed by atoms with Crippen LogP contribution in [0, 0.1) is 0 Å². The highest BCUT2D eigenvalue weighted by Gasteiger charge is 2.31. The second-order valence-electron chi connectivity index (χ2n) is 8.78. The van der Waals surface area contributed by atoms with E-state index in [1.807, 2.05) is 6.07 Å². The number of nitrogens with one attached hydrogen (secondary N) is 1. The summed E-state index contributed by atoms with van der Waals surface area (Å²) in [7, 11) is -3.73. The molecule has 2 amide bonds. The van der Waals surface area contributed by atoms with Crippen LogP contribution in [0.5, 0.6) is 0 Å². The molecule has 7 nitrogen and oxygen atoms in total. The van der Waals surface area contributed by atoms with Gasteiger partial charge in [0, 0.05) is 17.6 Å². The number of sulfonamides is 1. The minimum Gasteiger partial charge on any atom is -0.352 e. The molecule has 0 spiro atoms. The van der Waals surface area contributed by atoms with Crippen LogP contribution in [0.2, 0.25) is 5.02 Å². The first kappa shape index (κ1) is 26.0. The Morgan fingerprint density at radius 1 is 1.06 bits per heavy atom. The minimum atomic E-state index is -3.73. The Hall–Kier alpha value is -2.58. The smallest absolute Gasteiger partial charge is 0.244 e. The van der Waals surface area contributed by atoms with Gasteiger partial charge in [-0.05, 0) is 49.6 Å². The Kier molecular flexibility index (Phi) is 8.97. The largest absolute Gasteiger partial charge is 0.352 e. The van der Waals surface area contributed by atoms with Crippen molar-refractivity contribution in [1.29, 1.82) is 0 Å². The van der Waals surface area contributed by atoms with Crippen LogP contribution in [0.15, 0.2) is 54.6 Å². The molecule has 2 aromatic carbocycles. The number of amides is 2. The van der Waals surface area contributed by atoms with Crippen molar-refractivity contribution >= 4 is 39.1 Å². The zero-order chi connectivity index (χ0) is 24.7. The van der Waals surface area contributed by atoms with E-state index in [-0.39, 0.29) is 18.5 Å². The van der Waals surface area contributed by atoms with E-state index in [9.17, 15) is 18.0 Å². The maximum Gasteiger partial charge on any atom is 0.244 e. The standard InChI is InChI=1S/C25H32ClN3O4S/c1-19(25(31)27-22-12-5-3-6-13-22)28(17-20-10-9-11-21(26)16-20)24(30)18-29(34(2,32)33)23-14-7-4-8-15-23/h4,7-11,14-16,19,22H,3,5-6,12-13,17-18H2,1-2H3,(H,27,31). The van der Waals surface area contributed by atoms with Crippen LogP contribution in [-0.4, -0.2) is 50.0 Å². The van der Waals surface area contributed by atoms with Gasteiger partial charge in [-0.1, -0.05) is 61.2 Å². The van der Waals surface area contributed by atoms with Gasteiger partial charge in [-0.25, -0.2) is 8.42 Å². The average Bonchev–Trinajstić information content (AvgIpc) is 2.81. The highest BCUT2D eigenvalue weighted by atomic mass is 35.5. The molecule has 1 fully saturated rings. The van der Waals surface area contributed by atoms with Crippen LogP contribution in [0.1, 0.15) is 44.6 Å². The number of para-hydroxylation sites is 1. The highest BCUT2D eigenvalue weighted by Crippen LogP contribution is 2.21. The predicted octanol–water partition coefficient (Wildman–Crippen LogP) is 3.97. The van der Waals surface area contributed by atoms with E-state index >= 15 is 0 Å². The third kappa shape index (κ3) is 7.21. The van der Waals surface area contributed by atoms with Crippen LogP contribution in [-0.2, 0) is 26.2 Å². The number of halogens is 1. The van der Waals surface area contributed by atoms with Gasteiger partial charge in [-0.3, -0.25) is 13.9 Å². The number of anilines is 1. The van der Waals surface area contributed by atoms with Crippen molar-refractivity contribution in [1.82, 2.24) is 10.2 Å². The topological polar surface area (TPSA) is 86.8 Å². The summed E-state index contributed by atoms with van der Waals surface area (Å²) in [5.74, 6) is -0.714. The maximum atomic E-state index is 13.5. The molecule has 0 heterocycles. The Morgan fingerprint density at radius 2 is 1.74 bits per heavy atom. The predicted molar refractivity (Wildman–Crippen MR) is 135 cm³/mol. The normalized spacial score (nSPS) is 15.4. The fourth-order valence-electron chi connectivity index (χ4n) is 4.19. The van der Waals surface area contributed by atoms with Crippen LogP contribution >= 0.6 is 11.6 Å². The maximum absolute atomic E-state index is 13.5. The molecular weight excluding hydrogens is 474 g/mol. The van der Waals surface area contributed by atoms with Gasteiger partial charge in [-0.2, -0.15) is 0 Å². The number of benzene rings is 2. The SMILES string of the molecule is CC(C(=O)NC1CCCCC1)N(Cc1cccc(Cl)c1)C(=O)CN(c1ccccc1)S(C)(=O)=O. The van der Waals surface area contributed by atoms with E-state index < -0.39 is 28.5 Å².